The van der Waals surface area contributed by atoms with Gasteiger partial charge < -0.3 is 19.8 Å². The number of alkyl halides is 3. The highest BCUT2D eigenvalue weighted by Gasteiger charge is 2.45. The van der Waals surface area contributed by atoms with Gasteiger partial charge in [0.1, 0.15) is 17.1 Å². The van der Waals surface area contributed by atoms with Gasteiger partial charge >= 0.3 is 12.1 Å². The van der Waals surface area contributed by atoms with Crippen molar-refractivity contribution >= 4 is 27.4 Å². The Hall–Kier alpha value is -4.26. The lowest BCUT2D eigenvalue weighted by Gasteiger charge is -2.42. The molecule has 9 nitrogen and oxygen atoms in total. The Bertz CT molecular complexity index is 1610. The number of phenols is 1. The van der Waals surface area contributed by atoms with Crippen molar-refractivity contribution in [2.75, 3.05) is 16.2 Å². The number of likely N-dealkylation sites (N-methyl/N-ethyl adjacent to an activating group) is 1. The highest BCUT2D eigenvalue weighted by Crippen LogP contribution is 2.40. The summed E-state index contributed by atoms with van der Waals surface area (Å²) in [5.41, 5.74) is -0.776. The first-order valence-corrected chi connectivity index (χ1v) is 15.0. The minimum Gasteiger partial charge on any atom is -0.510 e. The molecule has 3 aromatic rings. The molecule has 0 unspecified atom stereocenters. The van der Waals surface area contributed by atoms with Gasteiger partial charge in [-0.05, 0) is 73.7 Å². The standard InChI is InChI=1S/C30H32F3N3O6S/c1-4-36(23-7-5-6-22(16-23)35-43(40,41)26-13-10-21(18-34-26)30(31,32)33)27-25(38)17-29(19(2)3,42-28(27)39)15-14-20-8-11-24(37)12-9-20/h5-13,16,18-19,35,37-38H,4,14-15,17H2,1-3H3/t29-/m0/s1. The van der Waals surface area contributed by atoms with Crippen LogP contribution in [0.3, 0.4) is 0 Å². The van der Waals surface area contributed by atoms with E-state index >= 15 is 0 Å². The number of pyridine rings is 1. The second kappa shape index (κ2) is 12.2. The lowest BCUT2D eigenvalue weighted by atomic mass is 9.79. The van der Waals surface area contributed by atoms with E-state index in [9.17, 15) is 36.6 Å². The Morgan fingerprint density at radius 3 is 2.35 bits per heavy atom. The fraction of sp³-hybridized carbons (Fsp3) is 0.333. The van der Waals surface area contributed by atoms with Crippen molar-refractivity contribution in [1.82, 2.24) is 4.98 Å². The van der Waals surface area contributed by atoms with E-state index in [1.807, 2.05) is 13.8 Å². The molecule has 1 aliphatic rings. The summed E-state index contributed by atoms with van der Waals surface area (Å²) in [6.45, 7) is 5.77. The number of nitrogens with one attached hydrogen (secondary N) is 1. The van der Waals surface area contributed by atoms with Gasteiger partial charge in [-0.3, -0.25) is 4.72 Å². The van der Waals surface area contributed by atoms with Gasteiger partial charge in [0.05, 0.1) is 11.3 Å². The number of cyclic esters (lactones) is 1. The number of carbonyl (C=O) groups excluding carboxylic acids is 1. The van der Waals surface area contributed by atoms with Crippen LogP contribution < -0.4 is 9.62 Å². The first-order valence-electron chi connectivity index (χ1n) is 13.5. The number of nitrogens with zero attached hydrogens (tertiary/aromatic N) is 2. The molecular weight excluding hydrogens is 587 g/mol. The van der Waals surface area contributed by atoms with Crippen molar-refractivity contribution in [1.29, 1.82) is 0 Å². The molecule has 0 spiro atoms. The minimum absolute atomic E-state index is 0.0617. The van der Waals surface area contributed by atoms with Gasteiger partial charge in [-0.25, -0.2) is 9.78 Å². The number of aliphatic hydroxyl groups is 1. The molecule has 0 fully saturated rings. The zero-order valence-electron chi connectivity index (χ0n) is 23.7. The van der Waals surface area contributed by atoms with Crippen molar-refractivity contribution in [3.63, 3.8) is 0 Å². The molecule has 3 N–H and O–H groups in total. The minimum atomic E-state index is -4.66. The number of hydrogen-bond donors (Lipinski definition) is 3. The molecule has 2 heterocycles. The topological polar surface area (TPSA) is 129 Å². The number of ether oxygens (including phenoxy) is 1. The van der Waals surface area contributed by atoms with E-state index in [0.717, 1.165) is 11.6 Å². The third-order valence-electron chi connectivity index (χ3n) is 7.39. The van der Waals surface area contributed by atoms with E-state index in [1.165, 1.54) is 23.1 Å². The van der Waals surface area contributed by atoms with Crippen molar-refractivity contribution in [3.8, 4) is 5.75 Å². The number of aromatic nitrogens is 1. The second-order valence-corrected chi connectivity index (χ2v) is 12.2. The molecular formula is C30H32F3N3O6S. The molecule has 43 heavy (non-hydrogen) atoms. The molecule has 0 aliphatic carbocycles. The van der Waals surface area contributed by atoms with Crippen LogP contribution in [-0.4, -0.2) is 41.7 Å². The van der Waals surface area contributed by atoms with Crippen LogP contribution in [0.1, 0.15) is 44.7 Å². The third kappa shape index (κ3) is 7.04. The largest absolute Gasteiger partial charge is 0.510 e. The summed E-state index contributed by atoms with van der Waals surface area (Å²) >= 11 is 0. The van der Waals surface area contributed by atoms with Crippen LogP contribution >= 0.6 is 0 Å². The van der Waals surface area contributed by atoms with E-state index < -0.39 is 38.4 Å². The lowest BCUT2D eigenvalue weighted by Crippen LogP contribution is -2.47. The maximum atomic E-state index is 13.4. The first-order chi connectivity index (χ1) is 20.1. The van der Waals surface area contributed by atoms with Crippen LogP contribution in [0.2, 0.25) is 0 Å². The summed E-state index contributed by atoms with van der Waals surface area (Å²) in [5, 5.41) is 20.2. The highest BCUT2D eigenvalue weighted by atomic mass is 32.2. The van der Waals surface area contributed by atoms with E-state index in [2.05, 4.69) is 9.71 Å². The van der Waals surface area contributed by atoms with Gasteiger partial charge in [-0.15, -0.1) is 0 Å². The monoisotopic (exact) mass is 619 g/mol. The molecule has 230 valence electrons. The fourth-order valence-electron chi connectivity index (χ4n) is 4.91. The summed E-state index contributed by atoms with van der Waals surface area (Å²) < 4.78 is 72.5. The summed E-state index contributed by atoms with van der Waals surface area (Å²) in [4.78, 5) is 18.4. The van der Waals surface area contributed by atoms with Crippen molar-refractivity contribution in [3.05, 3.63) is 89.4 Å². The van der Waals surface area contributed by atoms with Crippen molar-refractivity contribution in [2.45, 2.75) is 56.8 Å². The molecule has 1 aromatic heterocycles. The molecule has 0 saturated carbocycles. The Morgan fingerprint density at radius 1 is 1.09 bits per heavy atom. The van der Waals surface area contributed by atoms with Crippen LogP contribution in [0.15, 0.2) is 83.3 Å². The Balaban J connectivity index is 1.57. The number of rotatable bonds is 10. The van der Waals surface area contributed by atoms with E-state index in [0.29, 0.717) is 30.8 Å². The zero-order valence-corrected chi connectivity index (χ0v) is 24.5. The molecule has 1 atom stereocenters. The Labute approximate surface area is 247 Å². The highest BCUT2D eigenvalue weighted by molar-refractivity contribution is 7.92. The average molecular weight is 620 g/mol. The van der Waals surface area contributed by atoms with Crippen LogP contribution in [0.5, 0.6) is 5.75 Å². The molecule has 4 rings (SSSR count). The summed E-state index contributed by atoms with van der Waals surface area (Å²) in [5.74, 6) is -0.893. The van der Waals surface area contributed by atoms with Crippen molar-refractivity contribution in [2.24, 2.45) is 5.92 Å². The number of carbonyl (C=O) groups is 1. The van der Waals surface area contributed by atoms with Crippen molar-refractivity contribution < 1.29 is 41.3 Å². The molecule has 13 heteroatoms. The smallest absolute Gasteiger partial charge is 0.417 e. The van der Waals surface area contributed by atoms with Gasteiger partial charge in [0.2, 0.25) is 0 Å². The Kier molecular flexibility index (Phi) is 8.95. The fourth-order valence-corrected chi connectivity index (χ4v) is 5.89. The predicted molar refractivity (Wildman–Crippen MR) is 154 cm³/mol. The van der Waals surface area contributed by atoms with E-state index in [4.69, 9.17) is 4.74 Å². The van der Waals surface area contributed by atoms with Gasteiger partial charge in [0.15, 0.2) is 10.7 Å². The number of aliphatic hydroxyl groups excluding tert-OH is 1. The van der Waals surface area contributed by atoms with Gasteiger partial charge in [-0.2, -0.15) is 21.6 Å². The van der Waals surface area contributed by atoms with Crippen LogP contribution in [0.4, 0.5) is 24.5 Å². The van der Waals surface area contributed by atoms with E-state index in [1.54, 1.807) is 37.3 Å². The average Bonchev–Trinajstić information content (AvgIpc) is 2.94. The maximum absolute atomic E-state index is 13.4. The van der Waals surface area contributed by atoms with Gasteiger partial charge in [0, 0.05) is 24.8 Å². The number of benzene rings is 2. The number of sulfonamides is 1. The SMILES string of the molecule is CCN(C1=C(O)C[C@@](CCc2ccc(O)cc2)(C(C)C)OC1=O)c1cccc(NS(=O)(=O)c2ccc(C(F)(F)F)cn2)c1. The second-order valence-electron chi connectivity index (χ2n) is 10.5. The first kappa shape index (κ1) is 31.7. The molecule has 0 saturated heterocycles. The summed E-state index contributed by atoms with van der Waals surface area (Å²) in [6, 6.07) is 14.1. The van der Waals surface area contributed by atoms with Crippen LogP contribution in [0.25, 0.3) is 0 Å². The molecule has 0 bridgehead atoms. The third-order valence-corrected chi connectivity index (χ3v) is 8.69. The number of esters is 1. The molecule has 1 aliphatic heterocycles. The van der Waals surface area contributed by atoms with Gasteiger partial charge in [0.25, 0.3) is 10.0 Å². The lowest BCUT2D eigenvalue weighted by molar-refractivity contribution is -0.166. The summed E-state index contributed by atoms with van der Waals surface area (Å²) in [7, 11) is -4.34. The number of phenolic OH excluding ortho intramolecular Hbond substituents is 1. The van der Waals surface area contributed by atoms with E-state index in [-0.39, 0.29) is 41.8 Å². The van der Waals surface area contributed by atoms with Gasteiger partial charge in [-0.1, -0.05) is 32.0 Å². The molecule has 2 aromatic carbocycles. The maximum Gasteiger partial charge on any atom is 0.417 e. The number of aryl methyl sites for hydroxylation is 1. The number of aromatic hydroxyl groups is 1. The number of hydrogen-bond acceptors (Lipinski definition) is 8. The normalized spacial score (nSPS) is 17.6. The molecule has 0 radical (unpaired) electrons. The number of anilines is 2. The quantitative estimate of drug-likeness (QED) is 0.230. The predicted octanol–water partition coefficient (Wildman–Crippen LogP) is 6.18. The Morgan fingerprint density at radius 2 is 1.79 bits per heavy atom. The molecule has 0 amide bonds. The summed E-state index contributed by atoms with van der Waals surface area (Å²) in [6.07, 6.45) is -3.19. The number of halogens is 3. The van der Waals surface area contributed by atoms with Crippen LogP contribution in [0, 0.1) is 5.92 Å². The van der Waals surface area contributed by atoms with Crippen LogP contribution in [-0.2, 0) is 32.2 Å². The zero-order chi connectivity index (χ0) is 31.6.